The van der Waals surface area contributed by atoms with E-state index in [0.717, 1.165) is 30.4 Å². The topological polar surface area (TPSA) is 62.6 Å². The van der Waals surface area contributed by atoms with E-state index in [1.807, 2.05) is 37.8 Å². The fraction of sp³-hybridized carbons (Fsp3) is 0.500. The zero-order valence-electron chi connectivity index (χ0n) is 15.2. The summed E-state index contributed by atoms with van der Waals surface area (Å²) in [5.74, 6) is 0.586. The van der Waals surface area contributed by atoms with E-state index in [1.165, 1.54) is 0 Å². The molecule has 0 spiro atoms. The average Bonchev–Trinajstić information content (AvgIpc) is 2.82. The first-order chi connectivity index (χ1) is 11.8. The van der Waals surface area contributed by atoms with Gasteiger partial charge in [-0.25, -0.2) is 4.79 Å². The van der Waals surface area contributed by atoms with Crippen LogP contribution >= 0.6 is 0 Å². The average molecular weight is 340 g/mol. The van der Waals surface area contributed by atoms with Crippen molar-refractivity contribution in [3.63, 3.8) is 0 Å². The summed E-state index contributed by atoms with van der Waals surface area (Å²) < 4.78 is 10.9. The first-order valence-electron chi connectivity index (χ1n) is 8.63. The van der Waals surface area contributed by atoms with Crippen LogP contribution < -0.4 is 4.74 Å². The number of ether oxygens (including phenoxy) is 2. The van der Waals surface area contributed by atoms with Gasteiger partial charge >= 0.3 is 6.09 Å². The van der Waals surface area contributed by atoms with Crippen molar-refractivity contribution in [1.82, 2.24) is 4.90 Å². The maximum atomic E-state index is 12.5. The molecule has 2 bridgehead atoms. The van der Waals surface area contributed by atoms with Gasteiger partial charge in [0.2, 0.25) is 0 Å². The largest absolute Gasteiger partial charge is 0.495 e. The number of amides is 1. The number of nitrogens with zero attached hydrogens (tertiary/aromatic N) is 2. The molecule has 5 heteroatoms. The third kappa shape index (κ3) is 3.34. The SMILES string of the molecule is COc1cccc(C2=CC3CCC(C2)N3C(=O)OC(C)(C)C)c1C#N. The lowest BCUT2D eigenvalue weighted by Gasteiger charge is -2.35. The van der Waals surface area contributed by atoms with E-state index in [2.05, 4.69) is 12.1 Å². The van der Waals surface area contributed by atoms with Gasteiger partial charge in [0.05, 0.1) is 13.2 Å². The zero-order valence-corrected chi connectivity index (χ0v) is 15.2. The number of nitriles is 1. The monoisotopic (exact) mass is 340 g/mol. The molecule has 0 saturated carbocycles. The molecular formula is C20H24N2O3. The molecule has 3 rings (SSSR count). The molecule has 1 aromatic carbocycles. The molecule has 2 heterocycles. The molecule has 132 valence electrons. The molecule has 1 aromatic rings. The van der Waals surface area contributed by atoms with Crippen molar-refractivity contribution < 1.29 is 14.3 Å². The minimum atomic E-state index is -0.499. The number of methoxy groups -OCH3 is 1. The minimum Gasteiger partial charge on any atom is -0.495 e. The summed E-state index contributed by atoms with van der Waals surface area (Å²) in [6.07, 6.45) is 4.48. The van der Waals surface area contributed by atoms with Gasteiger partial charge in [0.15, 0.2) is 0 Å². The Hall–Kier alpha value is -2.48. The van der Waals surface area contributed by atoms with Gasteiger partial charge in [-0.1, -0.05) is 18.2 Å². The van der Waals surface area contributed by atoms with Gasteiger partial charge in [0, 0.05) is 6.04 Å². The van der Waals surface area contributed by atoms with Crippen LogP contribution in [0.25, 0.3) is 5.57 Å². The molecule has 2 atom stereocenters. The number of carbonyl (C=O) groups excluding carboxylic acids is 1. The van der Waals surface area contributed by atoms with Gasteiger partial charge < -0.3 is 9.47 Å². The molecule has 1 amide bonds. The maximum Gasteiger partial charge on any atom is 0.411 e. The van der Waals surface area contributed by atoms with Crippen molar-refractivity contribution in [2.24, 2.45) is 0 Å². The lowest BCUT2D eigenvalue weighted by atomic mass is 9.91. The third-order valence-corrected chi connectivity index (χ3v) is 4.70. The van der Waals surface area contributed by atoms with E-state index in [4.69, 9.17) is 9.47 Å². The molecule has 25 heavy (non-hydrogen) atoms. The van der Waals surface area contributed by atoms with Gasteiger partial charge in [0.1, 0.15) is 23.0 Å². The van der Waals surface area contributed by atoms with Crippen LogP contribution in [0.5, 0.6) is 5.75 Å². The first kappa shape index (κ1) is 17.3. The number of fused-ring (bicyclic) bond motifs is 2. The van der Waals surface area contributed by atoms with Crippen LogP contribution in [0.3, 0.4) is 0 Å². The van der Waals surface area contributed by atoms with Crippen molar-refractivity contribution in [3.05, 3.63) is 35.4 Å². The molecule has 1 fully saturated rings. The summed E-state index contributed by atoms with van der Waals surface area (Å²) in [5, 5.41) is 9.53. The van der Waals surface area contributed by atoms with Crippen LogP contribution in [0, 0.1) is 11.3 Å². The second kappa shape index (κ2) is 6.44. The van der Waals surface area contributed by atoms with Crippen molar-refractivity contribution in [3.8, 4) is 11.8 Å². The number of benzene rings is 1. The molecule has 0 aliphatic carbocycles. The van der Waals surface area contributed by atoms with Crippen molar-refractivity contribution in [1.29, 1.82) is 5.26 Å². The van der Waals surface area contributed by atoms with E-state index in [9.17, 15) is 10.1 Å². The van der Waals surface area contributed by atoms with Gasteiger partial charge in [-0.05, 0) is 57.2 Å². The summed E-state index contributed by atoms with van der Waals surface area (Å²) in [6, 6.07) is 8.06. The van der Waals surface area contributed by atoms with Crippen molar-refractivity contribution >= 4 is 11.7 Å². The molecule has 0 N–H and O–H groups in total. The van der Waals surface area contributed by atoms with Gasteiger partial charge in [-0.3, -0.25) is 4.90 Å². The van der Waals surface area contributed by atoms with Gasteiger partial charge in [0.25, 0.3) is 0 Å². The third-order valence-electron chi connectivity index (χ3n) is 4.70. The Morgan fingerprint density at radius 3 is 2.68 bits per heavy atom. The Bertz CT molecular complexity index is 755. The molecule has 2 aliphatic rings. The van der Waals surface area contributed by atoms with Crippen LogP contribution in [0.2, 0.25) is 0 Å². The zero-order chi connectivity index (χ0) is 18.2. The lowest BCUT2D eigenvalue weighted by molar-refractivity contribution is 0.0175. The van der Waals surface area contributed by atoms with Crippen molar-refractivity contribution in [2.75, 3.05) is 7.11 Å². The Balaban J connectivity index is 1.91. The Labute approximate surface area is 148 Å². The summed E-state index contributed by atoms with van der Waals surface area (Å²) in [5.41, 5.74) is 2.08. The molecule has 0 aromatic heterocycles. The smallest absolute Gasteiger partial charge is 0.411 e. The molecule has 5 nitrogen and oxygen atoms in total. The van der Waals surface area contributed by atoms with Crippen LogP contribution in [0.15, 0.2) is 24.3 Å². The Morgan fingerprint density at radius 2 is 2.08 bits per heavy atom. The highest BCUT2D eigenvalue weighted by atomic mass is 16.6. The van der Waals surface area contributed by atoms with Gasteiger partial charge in [-0.15, -0.1) is 0 Å². The molecule has 1 saturated heterocycles. The Kier molecular flexibility index (Phi) is 4.47. The predicted molar refractivity (Wildman–Crippen MR) is 95.2 cm³/mol. The predicted octanol–water partition coefficient (Wildman–Crippen LogP) is 4.12. The normalized spacial score (nSPS) is 22.2. The molecule has 0 radical (unpaired) electrons. The molecule has 2 unspecified atom stereocenters. The minimum absolute atomic E-state index is 0.0290. The van der Waals surface area contributed by atoms with Crippen LogP contribution in [0.4, 0.5) is 4.79 Å². The highest BCUT2D eigenvalue weighted by molar-refractivity contribution is 5.78. The summed E-state index contributed by atoms with van der Waals surface area (Å²) in [4.78, 5) is 14.4. The van der Waals surface area contributed by atoms with Crippen molar-refractivity contribution in [2.45, 2.75) is 57.7 Å². The quantitative estimate of drug-likeness (QED) is 0.812. The van der Waals surface area contributed by atoms with E-state index in [1.54, 1.807) is 13.2 Å². The van der Waals surface area contributed by atoms with E-state index < -0.39 is 5.60 Å². The van der Waals surface area contributed by atoms with E-state index in [0.29, 0.717) is 11.3 Å². The molecular weight excluding hydrogens is 316 g/mol. The fourth-order valence-electron chi connectivity index (χ4n) is 3.71. The fourth-order valence-corrected chi connectivity index (χ4v) is 3.71. The molecule has 2 aliphatic heterocycles. The summed E-state index contributed by atoms with van der Waals surface area (Å²) in [6.45, 7) is 5.65. The van der Waals surface area contributed by atoms with Gasteiger partial charge in [-0.2, -0.15) is 5.26 Å². The summed E-state index contributed by atoms with van der Waals surface area (Å²) in [7, 11) is 1.57. The van der Waals surface area contributed by atoms with E-state index in [-0.39, 0.29) is 18.2 Å². The number of hydrogen-bond donors (Lipinski definition) is 0. The second-order valence-corrected chi connectivity index (χ2v) is 7.58. The standard InChI is InChI=1S/C20H24N2O3/c1-20(2,3)25-19(23)22-14-8-9-15(22)11-13(10-14)16-6-5-7-18(24-4)17(16)12-21/h5-7,10,14-15H,8-9,11H2,1-4H3. The number of carbonyl (C=O) groups is 1. The Morgan fingerprint density at radius 1 is 1.32 bits per heavy atom. The van der Waals surface area contributed by atoms with E-state index >= 15 is 0 Å². The van der Waals surface area contributed by atoms with Crippen LogP contribution in [-0.2, 0) is 4.74 Å². The second-order valence-electron chi connectivity index (χ2n) is 7.58. The lowest BCUT2D eigenvalue weighted by Crippen LogP contribution is -2.45. The maximum absolute atomic E-state index is 12.5. The highest BCUT2D eigenvalue weighted by Crippen LogP contribution is 2.41. The highest BCUT2D eigenvalue weighted by Gasteiger charge is 2.42. The first-order valence-corrected chi connectivity index (χ1v) is 8.63. The van der Waals surface area contributed by atoms with Crippen LogP contribution in [0.1, 0.15) is 51.2 Å². The number of hydrogen-bond acceptors (Lipinski definition) is 4. The van der Waals surface area contributed by atoms with Crippen LogP contribution in [-0.4, -0.2) is 35.8 Å². The summed E-state index contributed by atoms with van der Waals surface area (Å²) >= 11 is 0. The number of rotatable bonds is 2.